The highest BCUT2D eigenvalue weighted by molar-refractivity contribution is 5.94. The van der Waals surface area contributed by atoms with E-state index < -0.39 is 6.10 Å². The molecule has 0 radical (unpaired) electrons. The molecule has 0 saturated heterocycles. The Balaban J connectivity index is 2.21. The van der Waals surface area contributed by atoms with Crippen LogP contribution in [0.3, 0.4) is 0 Å². The van der Waals surface area contributed by atoms with Crippen molar-refractivity contribution in [1.29, 1.82) is 0 Å². The molecule has 0 saturated carbocycles. The highest BCUT2D eigenvalue weighted by Crippen LogP contribution is 2.44. The summed E-state index contributed by atoms with van der Waals surface area (Å²) in [6.07, 6.45) is -0.104. The molecule has 1 N–H and O–H groups in total. The van der Waals surface area contributed by atoms with E-state index in [-0.39, 0.29) is 12.7 Å². The van der Waals surface area contributed by atoms with Crippen LogP contribution in [0.25, 0.3) is 10.9 Å². The van der Waals surface area contributed by atoms with Gasteiger partial charge in [-0.3, -0.25) is 0 Å². The first-order valence-electron chi connectivity index (χ1n) is 7.58. The molecule has 1 aromatic heterocycles. The van der Waals surface area contributed by atoms with Gasteiger partial charge in [0.1, 0.15) is 11.3 Å². The summed E-state index contributed by atoms with van der Waals surface area (Å²) in [5.74, 6) is 2.44. The zero-order valence-corrected chi connectivity index (χ0v) is 13.8. The van der Waals surface area contributed by atoms with Crippen LogP contribution in [0.5, 0.6) is 23.1 Å². The summed E-state index contributed by atoms with van der Waals surface area (Å²) in [4.78, 5) is 4.57. The molecule has 2 aromatic rings. The summed E-state index contributed by atoms with van der Waals surface area (Å²) in [6, 6.07) is 3.73. The fourth-order valence-corrected chi connectivity index (χ4v) is 2.71. The van der Waals surface area contributed by atoms with Crippen molar-refractivity contribution in [2.24, 2.45) is 5.92 Å². The van der Waals surface area contributed by atoms with Gasteiger partial charge >= 0.3 is 0 Å². The van der Waals surface area contributed by atoms with Crippen molar-refractivity contribution < 1.29 is 24.1 Å². The van der Waals surface area contributed by atoms with Crippen molar-refractivity contribution >= 4 is 10.9 Å². The maximum atomic E-state index is 10.3. The molecule has 0 amide bonds. The van der Waals surface area contributed by atoms with E-state index in [1.165, 1.54) is 0 Å². The van der Waals surface area contributed by atoms with Crippen LogP contribution in [0.15, 0.2) is 12.1 Å². The lowest BCUT2D eigenvalue weighted by atomic mass is 9.98. The monoisotopic (exact) mass is 319 g/mol. The summed E-state index contributed by atoms with van der Waals surface area (Å²) in [6.45, 7) is 4.11. The molecule has 0 fully saturated rings. The number of aliphatic hydroxyl groups is 1. The second kappa shape index (κ2) is 6.12. The summed E-state index contributed by atoms with van der Waals surface area (Å²) in [7, 11) is 3.16. The van der Waals surface area contributed by atoms with Gasteiger partial charge < -0.3 is 24.1 Å². The molecule has 1 aliphatic heterocycles. The highest BCUT2D eigenvalue weighted by Gasteiger charge is 2.25. The molecule has 2 heterocycles. The summed E-state index contributed by atoms with van der Waals surface area (Å²) >= 11 is 0. The molecule has 124 valence electrons. The van der Waals surface area contributed by atoms with Gasteiger partial charge in [-0.2, -0.15) is 0 Å². The SMILES string of the molecule is COc1nc2c3c(ccc2c(OC)c1C[C@H](O)C(C)C)OCO3. The number of fused-ring (bicyclic) bond motifs is 3. The third kappa shape index (κ3) is 2.63. The van der Waals surface area contributed by atoms with E-state index in [1.807, 2.05) is 26.0 Å². The fraction of sp³-hybridized carbons (Fsp3) is 0.471. The van der Waals surface area contributed by atoms with E-state index in [4.69, 9.17) is 18.9 Å². The molecule has 23 heavy (non-hydrogen) atoms. The van der Waals surface area contributed by atoms with Gasteiger partial charge in [0, 0.05) is 11.8 Å². The van der Waals surface area contributed by atoms with Crippen LogP contribution in [0.1, 0.15) is 19.4 Å². The zero-order valence-electron chi connectivity index (χ0n) is 13.8. The third-order valence-electron chi connectivity index (χ3n) is 4.08. The number of benzene rings is 1. The Hall–Kier alpha value is -2.21. The van der Waals surface area contributed by atoms with Gasteiger partial charge in [-0.15, -0.1) is 0 Å². The van der Waals surface area contributed by atoms with Crippen molar-refractivity contribution in [3.8, 4) is 23.1 Å². The highest BCUT2D eigenvalue weighted by atomic mass is 16.7. The normalized spacial score (nSPS) is 14.3. The number of methoxy groups -OCH3 is 2. The van der Waals surface area contributed by atoms with E-state index in [0.717, 1.165) is 10.9 Å². The predicted molar refractivity (Wildman–Crippen MR) is 85.5 cm³/mol. The van der Waals surface area contributed by atoms with Crippen molar-refractivity contribution in [3.63, 3.8) is 0 Å². The Morgan fingerprint density at radius 2 is 2.00 bits per heavy atom. The minimum atomic E-state index is -0.508. The molecule has 0 aliphatic carbocycles. The minimum Gasteiger partial charge on any atom is -0.496 e. The first-order valence-corrected chi connectivity index (χ1v) is 7.58. The van der Waals surface area contributed by atoms with Crippen LogP contribution in [0, 0.1) is 5.92 Å². The average molecular weight is 319 g/mol. The molecular weight excluding hydrogens is 298 g/mol. The number of nitrogens with zero attached hydrogens (tertiary/aromatic N) is 1. The van der Waals surface area contributed by atoms with E-state index in [9.17, 15) is 5.11 Å². The lowest BCUT2D eigenvalue weighted by Crippen LogP contribution is -2.19. The number of rotatable bonds is 5. The Kier molecular flexibility index (Phi) is 4.17. The molecule has 3 rings (SSSR count). The number of hydrogen-bond acceptors (Lipinski definition) is 6. The van der Waals surface area contributed by atoms with Gasteiger partial charge in [0.2, 0.25) is 12.7 Å². The molecule has 6 nitrogen and oxygen atoms in total. The van der Waals surface area contributed by atoms with E-state index in [2.05, 4.69) is 4.98 Å². The quantitative estimate of drug-likeness (QED) is 0.913. The van der Waals surface area contributed by atoms with Crippen molar-refractivity contribution in [2.45, 2.75) is 26.4 Å². The molecule has 1 aromatic carbocycles. The molecular formula is C17H21NO5. The number of ether oxygens (including phenoxy) is 4. The van der Waals surface area contributed by atoms with Crippen LogP contribution in [-0.2, 0) is 6.42 Å². The Labute approximate surface area is 134 Å². The van der Waals surface area contributed by atoms with Crippen LogP contribution >= 0.6 is 0 Å². The third-order valence-corrected chi connectivity index (χ3v) is 4.08. The fourth-order valence-electron chi connectivity index (χ4n) is 2.71. The first kappa shape index (κ1) is 15.7. The predicted octanol–water partition coefficient (Wildman–Crippen LogP) is 2.54. The smallest absolute Gasteiger partial charge is 0.231 e. The Morgan fingerprint density at radius 3 is 2.65 bits per heavy atom. The first-order chi connectivity index (χ1) is 11.1. The standard InChI is InChI=1S/C17H21NO5/c1-9(2)12(19)7-11-15(20-3)10-5-6-13-16(23-8-22-13)14(10)18-17(11)21-4/h5-6,9,12,19H,7-8H2,1-4H3/t12-/m0/s1. The van der Waals surface area contributed by atoms with Crippen LogP contribution < -0.4 is 18.9 Å². The van der Waals surface area contributed by atoms with Crippen molar-refractivity contribution in [1.82, 2.24) is 4.98 Å². The van der Waals surface area contributed by atoms with Gasteiger partial charge in [0.25, 0.3) is 0 Å². The van der Waals surface area contributed by atoms with Gasteiger partial charge in [-0.05, 0) is 18.1 Å². The second-order valence-corrected chi connectivity index (χ2v) is 5.84. The number of aliphatic hydroxyl groups excluding tert-OH is 1. The average Bonchev–Trinajstić information content (AvgIpc) is 3.02. The molecule has 0 bridgehead atoms. The lowest BCUT2D eigenvalue weighted by Gasteiger charge is -2.19. The topological polar surface area (TPSA) is 70.0 Å². The second-order valence-electron chi connectivity index (χ2n) is 5.84. The van der Waals surface area contributed by atoms with Crippen LogP contribution in [0.2, 0.25) is 0 Å². The maximum absolute atomic E-state index is 10.3. The lowest BCUT2D eigenvalue weighted by molar-refractivity contribution is 0.124. The largest absolute Gasteiger partial charge is 0.496 e. The zero-order chi connectivity index (χ0) is 16.6. The summed E-state index contributed by atoms with van der Waals surface area (Å²) in [5, 5.41) is 11.1. The summed E-state index contributed by atoms with van der Waals surface area (Å²) in [5.41, 5.74) is 1.39. The number of aromatic nitrogens is 1. The Morgan fingerprint density at radius 1 is 1.22 bits per heavy atom. The molecule has 1 aliphatic rings. The van der Waals surface area contributed by atoms with E-state index in [0.29, 0.717) is 35.1 Å². The number of hydrogen-bond donors (Lipinski definition) is 1. The van der Waals surface area contributed by atoms with Gasteiger partial charge in [0.15, 0.2) is 11.5 Å². The van der Waals surface area contributed by atoms with Crippen molar-refractivity contribution in [3.05, 3.63) is 17.7 Å². The summed E-state index contributed by atoms with van der Waals surface area (Å²) < 4.78 is 22.0. The van der Waals surface area contributed by atoms with Crippen LogP contribution in [-0.4, -0.2) is 37.2 Å². The maximum Gasteiger partial charge on any atom is 0.231 e. The molecule has 0 spiro atoms. The minimum absolute atomic E-state index is 0.122. The van der Waals surface area contributed by atoms with Crippen molar-refractivity contribution in [2.75, 3.05) is 21.0 Å². The molecule has 1 atom stereocenters. The molecule has 6 heteroatoms. The van der Waals surface area contributed by atoms with Crippen LogP contribution in [0.4, 0.5) is 0 Å². The molecule has 0 unspecified atom stereocenters. The van der Waals surface area contributed by atoms with Gasteiger partial charge in [0.05, 0.1) is 25.9 Å². The van der Waals surface area contributed by atoms with Gasteiger partial charge in [-0.1, -0.05) is 13.8 Å². The van der Waals surface area contributed by atoms with E-state index in [1.54, 1.807) is 14.2 Å². The van der Waals surface area contributed by atoms with E-state index >= 15 is 0 Å². The van der Waals surface area contributed by atoms with Gasteiger partial charge in [-0.25, -0.2) is 4.98 Å². The Bertz CT molecular complexity index is 729. The number of pyridine rings is 1.